The second kappa shape index (κ2) is 8.39. The summed E-state index contributed by atoms with van der Waals surface area (Å²) in [4.78, 5) is 14.3. The van der Waals surface area contributed by atoms with Gasteiger partial charge in [0, 0.05) is 26.1 Å². The highest BCUT2D eigenvalue weighted by Crippen LogP contribution is 2.25. The van der Waals surface area contributed by atoms with Crippen molar-refractivity contribution in [1.82, 2.24) is 4.90 Å². The maximum Gasteiger partial charge on any atom is 0.288 e. The van der Waals surface area contributed by atoms with Crippen LogP contribution in [0.1, 0.15) is 45.4 Å². The third-order valence-corrected chi connectivity index (χ3v) is 3.97. The molecule has 5 heteroatoms. The molecular weight excluding hydrogens is 270 g/mol. The van der Waals surface area contributed by atoms with Crippen LogP contribution in [0.15, 0.2) is 11.8 Å². The maximum atomic E-state index is 12.5. The Labute approximate surface area is 126 Å². The van der Waals surface area contributed by atoms with Gasteiger partial charge in [-0.3, -0.25) is 4.79 Å². The fraction of sp³-hybridized carbons (Fsp3) is 0.812. The van der Waals surface area contributed by atoms with Crippen molar-refractivity contribution in [3.05, 3.63) is 11.8 Å². The summed E-state index contributed by atoms with van der Waals surface area (Å²) < 4.78 is 11.4. The number of likely N-dealkylation sites (tertiary alicyclic amines) is 1. The number of hydrogen-bond donors (Lipinski definition) is 1. The van der Waals surface area contributed by atoms with Crippen molar-refractivity contribution >= 4 is 5.91 Å². The average molecular weight is 297 g/mol. The summed E-state index contributed by atoms with van der Waals surface area (Å²) in [5.74, 6) is 0.735. The minimum absolute atomic E-state index is 0.00482. The van der Waals surface area contributed by atoms with Crippen LogP contribution in [0.5, 0.6) is 0 Å². The molecule has 0 spiro atoms. The van der Waals surface area contributed by atoms with Gasteiger partial charge >= 0.3 is 0 Å². The standard InChI is InChI=1S/C16H27NO4/c1-13-11-14(16(19)17-7-3-2-4-8-17)21-15(12-13)20-10-6-5-9-18/h11,13,15,18H,2-10,12H2,1H3/t13-,15+/m1/s1. The third-order valence-electron chi connectivity index (χ3n) is 3.97. The Morgan fingerprint density at radius 3 is 2.86 bits per heavy atom. The molecule has 2 atom stereocenters. The van der Waals surface area contributed by atoms with Crippen LogP contribution in [0.2, 0.25) is 0 Å². The van der Waals surface area contributed by atoms with Crippen molar-refractivity contribution in [3.8, 4) is 0 Å². The lowest BCUT2D eigenvalue weighted by molar-refractivity contribution is -0.155. The van der Waals surface area contributed by atoms with E-state index < -0.39 is 0 Å². The summed E-state index contributed by atoms with van der Waals surface area (Å²) in [6.45, 7) is 4.48. The molecule has 1 fully saturated rings. The predicted molar refractivity (Wildman–Crippen MR) is 79.4 cm³/mol. The Bertz CT molecular complexity index is 363. The number of hydrogen-bond acceptors (Lipinski definition) is 4. The first-order chi connectivity index (χ1) is 10.2. The number of unbranched alkanes of at least 4 members (excludes halogenated alkanes) is 1. The Hall–Kier alpha value is -1.07. The summed E-state index contributed by atoms with van der Waals surface area (Å²) in [6.07, 6.45) is 7.26. The molecule has 120 valence electrons. The fourth-order valence-electron chi connectivity index (χ4n) is 2.76. The van der Waals surface area contributed by atoms with Gasteiger partial charge in [0.2, 0.25) is 6.29 Å². The van der Waals surface area contributed by atoms with Crippen LogP contribution in [0, 0.1) is 5.92 Å². The summed E-state index contributed by atoms with van der Waals surface area (Å²) >= 11 is 0. The predicted octanol–water partition coefficient (Wildman–Crippen LogP) is 2.05. The molecule has 1 amide bonds. The monoisotopic (exact) mass is 297 g/mol. The number of rotatable bonds is 6. The smallest absolute Gasteiger partial charge is 0.288 e. The number of piperidine rings is 1. The highest BCUT2D eigenvalue weighted by atomic mass is 16.7. The van der Waals surface area contributed by atoms with E-state index in [1.165, 1.54) is 6.42 Å². The van der Waals surface area contributed by atoms with Gasteiger partial charge in [-0.1, -0.05) is 6.92 Å². The van der Waals surface area contributed by atoms with Crippen LogP contribution in [0.4, 0.5) is 0 Å². The van der Waals surface area contributed by atoms with Crippen molar-refractivity contribution in [2.24, 2.45) is 5.92 Å². The van der Waals surface area contributed by atoms with E-state index in [-0.39, 0.29) is 24.7 Å². The van der Waals surface area contributed by atoms with Crippen molar-refractivity contribution in [2.45, 2.75) is 51.7 Å². The molecule has 21 heavy (non-hydrogen) atoms. The normalized spacial score (nSPS) is 26.2. The first kappa shape index (κ1) is 16.3. The van der Waals surface area contributed by atoms with E-state index in [0.717, 1.165) is 45.2 Å². The molecule has 1 saturated heterocycles. The highest BCUT2D eigenvalue weighted by molar-refractivity contribution is 5.91. The summed E-state index contributed by atoms with van der Waals surface area (Å²) in [5.41, 5.74) is 0. The Morgan fingerprint density at radius 2 is 2.14 bits per heavy atom. The first-order valence-corrected chi connectivity index (χ1v) is 8.11. The van der Waals surface area contributed by atoms with Gasteiger partial charge in [-0.25, -0.2) is 0 Å². The number of nitrogens with zero attached hydrogens (tertiary/aromatic N) is 1. The number of ether oxygens (including phenoxy) is 2. The van der Waals surface area contributed by atoms with E-state index >= 15 is 0 Å². The Morgan fingerprint density at radius 1 is 1.38 bits per heavy atom. The van der Waals surface area contributed by atoms with Crippen molar-refractivity contribution in [2.75, 3.05) is 26.3 Å². The van der Waals surface area contributed by atoms with Gasteiger partial charge in [0.05, 0.1) is 6.61 Å². The number of carbonyl (C=O) groups excluding carboxylic acids is 1. The zero-order chi connectivity index (χ0) is 15.1. The van der Waals surface area contributed by atoms with Crippen LogP contribution in [-0.2, 0) is 14.3 Å². The van der Waals surface area contributed by atoms with Crippen molar-refractivity contribution in [3.63, 3.8) is 0 Å². The molecule has 0 radical (unpaired) electrons. The molecule has 0 aromatic rings. The van der Waals surface area contributed by atoms with E-state index in [1.807, 2.05) is 11.0 Å². The van der Waals surface area contributed by atoms with Gasteiger partial charge in [-0.2, -0.15) is 0 Å². The second-order valence-electron chi connectivity index (χ2n) is 5.95. The van der Waals surface area contributed by atoms with E-state index in [0.29, 0.717) is 12.4 Å². The zero-order valence-corrected chi connectivity index (χ0v) is 12.9. The van der Waals surface area contributed by atoms with Gasteiger partial charge in [0.15, 0.2) is 5.76 Å². The molecule has 0 aromatic carbocycles. The van der Waals surface area contributed by atoms with Crippen molar-refractivity contribution in [1.29, 1.82) is 0 Å². The van der Waals surface area contributed by atoms with Crippen LogP contribution >= 0.6 is 0 Å². The minimum Gasteiger partial charge on any atom is -0.459 e. The van der Waals surface area contributed by atoms with Gasteiger partial charge in [0.1, 0.15) is 0 Å². The lowest BCUT2D eigenvalue weighted by Crippen LogP contribution is -2.39. The number of aliphatic hydroxyl groups excluding tert-OH is 1. The molecule has 0 aromatic heterocycles. The molecule has 1 N–H and O–H groups in total. The molecule has 0 unspecified atom stereocenters. The number of allylic oxidation sites excluding steroid dienone is 1. The number of amides is 1. The van der Waals surface area contributed by atoms with E-state index in [1.54, 1.807) is 0 Å². The minimum atomic E-state index is -0.340. The Kier molecular flexibility index (Phi) is 6.51. The van der Waals surface area contributed by atoms with Gasteiger partial charge in [0.25, 0.3) is 5.91 Å². The van der Waals surface area contributed by atoms with Crippen molar-refractivity contribution < 1.29 is 19.4 Å². The SMILES string of the molecule is C[C@@H]1C=C(C(=O)N2CCCCC2)O[C@H](OCCCCO)C1. The summed E-state index contributed by atoms with van der Waals surface area (Å²) in [5, 5.41) is 8.76. The zero-order valence-electron chi connectivity index (χ0n) is 12.9. The molecule has 0 saturated carbocycles. The number of aliphatic hydroxyl groups is 1. The molecule has 2 aliphatic heterocycles. The van der Waals surface area contributed by atoms with Crippen LogP contribution in [0.3, 0.4) is 0 Å². The second-order valence-corrected chi connectivity index (χ2v) is 5.95. The molecule has 0 bridgehead atoms. The quantitative estimate of drug-likeness (QED) is 0.762. The highest BCUT2D eigenvalue weighted by Gasteiger charge is 2.29. The molecule has 2 rings (SSSR count). The molecular formula is C16H27NO4. The third kappa shape index (κ3) is 5.00. The number of carbonyl (C=O) groups is 1. The largest absolute Gasteiger partial charge is 0.459 e. The van der Waals surface area contributed by atoms with Crippen LogP contribution in [0.25, 0.3) is 0 Å². The van der Waals surface area contributed by atoms with Crippen LogP contribution in [-0.4, -0.2) is 48.5 Å². The Balaban J connectivity index is 1.85. The van der Waals surface area contributed by atoms with Gasteiger partial charge in [-0.05, 0) is 44.1 Å². The molecule has 2 aliphatic rings. The van der Waals surface area contributed by atoms with Gasteiger partial charge in [-0.15, -0.1) is 0 Å². The summed E-state index contributed by atoms with van der Waals surface area (Å²) in [6, 6.07) is 0. The molecule has 2 heterocycles. The average Bonchev–Trinajstić information content (AvgIpc) is 2.51. The van der Waals surface area contributed by atoms with E-state index in [4.69, 9.17) is 14.6 Å². The van der Waals surface area contributed by atoms with Crippen LogP contribution < -0.4 is 0 Å². The molecule has 0 aliphatic carbocycles. The lowest BCUT2D eigenvalue weighted by atomic mass is 10.0. The van der Waals surface area contributed by atoms with E-state index in [9.17, 15) is 4.79 Å². The molecule has 5 nitrogen and oxygen atoms in total. The van der Waals surface area contributed by atoms with Gasteiger partial charge < -0.3 is 19.5 Å². The summed E-state index contributed by atoms with van der Waals surface area (Å²) in [7, 11) is 0. The van der Waals surface area contributed by atoms with E-state index in [2.05, 4.69) is 6.92 Å². The topological polar surface area (TPSA) is 59.0 Å². The first-order valence-electron chi connectivity index (χ1n) is 8.11. The maximum absolute atomic E-state index is 12.5. The lowest BCUT2D eigenvalue weighted by Gasteiger charge is -2.32. The fourth-order valence-corrected chi connectivity index (χ4v) is 2.76.